The Bertz CT molecular complexity index is 793. The molecule has 1 amide bonds. The largest absolute Gasteiger partial charge is 0.339 e. The lowest BCUT2D eigenvalue weighted by Crippen LogP contribution is -2.32. The zero-order valence-electron chi connectivity index (χ0n) is 11.6. The Balaban J connectivity index is 1.84. The minimum Gasteiger partial charge on any atom is -0.339 e. The van der Waals surface area contributed by atoms with E-state index in [2.05, 4.69) is 15.3 Å². The fourth-order valence-corrected chi connectivity index (χ4v) is 3.73. The highest BCUT2D eigenvalue weighted by Crippen LogP contribution is 2.20. The molecule has 0 aliphatic carbocycles. The van der Waals surface area contributed by atoms with Crippen LogP contribution in [0.3, 0.4) is 0 Å². The van der Waals surface area contributed by atoms with Gasteiger partial charge in [0, 0.05) is 30.2 Å². The average Bonchev–Trinajstić information content (AvgIpc) is 2.87. The molecule has 0 radical (unpaired) electrons. The van der Waals surface area contributed by atoms with Crippen LogP contribution in [0.5, 0.6) is 0 Å². The minimum absolute atomic E-state index is 0.0241. The monoisotopic (exact) mass is 318 g/mol. The highest BCUT2D eigenvalue weighted by Gasteiger charge is 2.33. The lowest BCUT2D eigenvalue weighted by atomic mass is 10.2. The molecule has 1 aromatic carbocycles. The molecule has 0 atom stereocenters. The Labute approximate surface area is 128 Å². The molecule has 2 aromatic rings. The number of nitrogens with zero attached hydrogens (tertiary/aromatic N) is 3. The van der Waals surface area contributed by atoms with Gasteiger partial charge in [-0.15, -0.1) is 0 Å². The van der Waals surface area contributed by atoms with Crippen LogP contribution in [-0.2, 0) is 10.0 Å². The van der Waals surface area contributed by atoms with E-state index in [4.69, 9.17) is 0 Å². The fourth-order valence-electron chi connectivity index (χ4n) is 2.25. The van der Waals surface area contributed by atoms with E-state index in [1.807, 2.05) is 0 Å². The van der Waals surface area contributed by atoms with E-state index in [0.717, 1.165) is 4.31 Å². The van der Waals surface area contributed by atoms with Gasteiger partial charge in [-0.1, -0.05) is 6.07 Å². The molecule has 0 saturated carbocycles. The average molecular weight is 318 g/mol. The zero-order chi connectivity index (χ0) is 15.6. The lowest BCUT2D eigenvalue weighted by molar-refractivity contribution is 0.0870. The van der Waals surface area contributed by atoms with E-state index in [1.54, 1.807) is 42.9 Å². The van der Waals surface area contributed by atoms with Gasteiger partial charge < -0.3 is 5.32 Å². The van der Waals surface area contributed by atoms with E-state index < -0.39 is 15.9 Å². The topological polar surface area (TPSA) is 92.3 Å². The van der Waals surface area contributed by atoms with Gasteiger partial charge in [-0.3, -0.25) is 9.78 Å². The van der Waals surface area contributed by atoms with E-state index >= 15 is 0 Å². The smallest absolute Gasteiger partial charge is 0.267 e. The van der Waals surface area contributed by atoms with E-state index in [1.165, 1.54) is 0 Å². The number of hydrogen-bond acceptors (Lipinski definition) is 6. The fraction of sp³-hybridized carbons (Fsp3) is 0.214. The second-order valence-corrected chi connectivity index (χ2v) is 6.86. The number of carbonyl (C=O) groups excluding carboxylic acids is 1. The predicted molar refractivity (Wildman–Crippen MR) is 81.2 cm³/mol. The summed E-state index contributed by atoms with van der Waals surface area (Å²) in [7, 11) is -3.47. The number of benzene rings is 1. The molecule has 2 heterocycles. The Morgan fingerprint density at radius 1 is 1.27 bits per heavy atom. The van der Waals surface area contributed by atoms with Gasteiger partial charge in [0.1, 0.15) is 5.82 Å². The van der Waals surface area contributed by atoms with Gasteiger partial charge in [0.25, 0.3) is 5.91 Å². The summed E-state index contributed by atoms with van der Waals surface area (Å²) in [5, 5.41) is 3.02. The molecule has 0 spiro atoms. The number of aromatic nitrogens is 2. The van der Waals surface area contributed by atoms with Gasteiger partial charge in [0.2, 0.25) is 10.0 Å². The Morgan fingerprint density at radius 3 is 2.82 bits per heavy atom. The molecule has 1 aliphatic rings. The van der Waals surface area contributed by atoms with Crippen LogP contribution in [0, 0.1) is 0 Å². The first-order valence-electron chi connectivity index (χ1n) is 6.74. The van der Waals surface area contributed by atoms with Crippen LogP contribution in [0.1, 0.15) is 16.8 Å². The molecule has 1 aliphatic heterocycles. The van der Waals surface area contributed by atoms with Crippen molar-refractivity contribution >= 4 is 27.4 Å². The number of carbonyl (C=O) groups is 1. The Morgan fingerprint density at radius 2 is 2.14 bits per heavy atom. The molecule has 1 N–H and O–H groups in total. The van der Waals surface area contributed by atoms with Crippen LogP contribution in [-0.4, -0.2) is 40.9 Å². The predicted octanol–water partition coefficient (Wildman–Crippen LogP) is 1.40. The zero-order valence-corrected chi connectivity index (χ0v) is 12.5. The van der Waals surface area contributed by atoms with E-state index in [-0.39, 0.29) is 12.3 Å². The van der Waals surface area contributed by atoms with Crippen molar-refractivity contribution in [3.63, 3.8) is 0 Å². The summed E-state index contributed by atoms with van der Waals surface area (Å²) in [6.07, 6.45) is 5.14. The summed E-state index contributed by atoms with van der Waals surface area (Å²) in [4.78, 5) is 20.4. The van der Waals surface area contributed by atoms with Crippen molar-refractivity contribution < 1.29 is 13.2 Å². The minimum atomic E-state index is -3.47. The maximum atomic E-state index is 12.4. The quantitative estimate of drug-likeness (QED) is 0.919. The Kier molecular flexibility index (Phi) is 3.76. The SMILES string of the molecule is O=C(c1cccc(Nc2cnccn2)c1)N1CCCS1(=O)=O. The normalized spacial score (nSPS) is 16.5. The maximum Gasteiger partial charge on any atom is 0.267 e. The van der Waals surface area contributed by atoms with Crippen LogP contribution in [0.4, 0.5) is 11.5 Å². The summed E-state index contributed by atoms with van der Waals surface area (Å²) >= 11 is 0. The first-order chi connectivity index (χ1) is 10.6. The van der Waals surface area contributed by atoms with Crippen molar-refractivity contribution in [2.75, 3.05) is 17.6 Å². The molecule has 1 fully saturated rings. The molecule has 3 rings (SSSR count). The number of amides is 1. The van der Waals surface area contributed by atoms with Crippen molar-refractivity contribution in [1.82, 2.24) is 14.3 Å². The van der Waals surface area contributed by atoms with Crippen molar-refractivity contribution in [3.05, 3.63) is 48.4 Å². The van der Waals surface area contributed by atoms with Crippen molar-refractivity contribution in [3.8, 4) is 0 Å². The number of nitrogens with one attached hydrogen (secondary N) is 1. The van der Waals surface area contributed by atoms with Crippen molar-refractivity contribution in [1.29, 1.82) is 0 Å². The van der Waals surface area contributed by atoms with Crippen LogP contribution in [0.25, 0.3) is 0 Å². The summed E-state index contributed by atoms with van der Waals surface area (Å²) in [5.41, 5.74) is 0.960. The molecule has 1 saturated heterocycles. The number of sulfonamides is 1. The van der Waals surface area contributed by atoms with Crippen LogP contribution in [0.2, 0.25) is 0 Å². The van der Waals surface area contributed by atoms with Crippen LogP contribution >= 0.6 is 0 Å². The van der Waals surface area contributed by atoms with E-state index in [0.29, 0.717) is 23.5 Å². The first-order valence-corrected chi connectivity index (χ1v) is 8.35. The van der Waals surface area contributed by atoms with E-state index in [9.17, 15) is 13.2 Å². The molecule has 0 unspecified atom stereocenters. The standard InChI is InChI=1S/C14H14N4O3S/c19-14(18-7-2-8-22(18,20)21)11-3-1-4-12(9-11)17-13-10-15-5-6-16-13/h1,3-6,9-10H,2,7-8H2,(H,16,17). The third-order valence-corrected chi connectivity index (χ3v) is 5.10. The number of rotatable bonds is 3. The summed E-state index contributed by atoms with van der Waals surface area (Å²) in [6.45, 7) is 0.239. The van der Waals surface area contributed by atoms with Gasteiger partial charge in [-0.05, 0) is 24.6 Å². The van der Waals surface area contributed by atoms with Crippen LogP contribution < -0.4 is 5.32 Å². The third-order valence-electron chi connectivity index (χ3n) is 3.27. The molecule has 8 heteroatoms. The van der Waals surface area contributed by atoms with Crippen LogP contribution in [0.15, 0.2) is 42.9 Å². The van der Waals surface area contributed by atoms with Gasteiger partial charge >= 0.3 is 0 Å². The van der Waals surface area contributed by atoms with Gasteiger partial charge in [-0.2, -0.15) is 0 Å². The Hall–Kier alpha value is -2.48. The summed E-state index contributed by atoms with van der Waals surface area (Å²) in [6, 6.07) is 6.65. The highest BCUT2D eigenvalue weighted by atomic mass is 32.2. The number of anilines is 2. The summed E-state index contributed by atoms with van der Waals surface area (Å²) in [5.74, 6) is 0.0669. The highest BCUT2D eigenvalue weighted by molar-refractivity contribution is 7.89. The molecular formula is C14H14N4O3S. The third kappa shape index (κ3) is 2.91. The molecule has 114 valence electrons. The lowest BCUT2D eigenvalue weighted by Gasteiger charge is -2.15. The van der Waals surface area contributed by atoms with Gasteiger partial charge in [-0.25, -0.2) is 17.7 Å². The molecule has 22 heavy (non-hydrogen) atoms. The molecular weight excluding hydrogens is 304 g/mol. The molecule has 0 bridgehead atoms. The van der Waals surface area contributed by atoms with Crippen molar-refractivity contribution in [2.24, 2.45) is 0 Å². The summed E-state index contributed by atoms with van der Waals surface area (Å²) < 4.78 is 24.6. The maximum absolute atomic E-state index is 12.4. The second kappa shape index (κ2) is 5.72. The molecule has 1 aromatic heterocycles. The van der Waals surface area contributed by atoms with Gasteiger partial charge in [0.15, 0.2) is 0 Å². The number of hydrogen-bond donors (Lipinski definition) is 1. The first kappa shape index (κ1) is 14.5. The van der Waals surface area contributed by atoms with Crippen molar-refractivity contribution in [2.45, 2.75) is 6.42 Å². The second-order valence-electron chi connectivity index (χ2n) is 4.84. The van der Waals surface area contributed by atoms with Gasteiger partial charge in [0.05, 0.1) is 11.9 Å². The molecule has 7 nitrogen and oxygen atoms in total.